The molecule has 1 aromatic carbocycles. The van der Waals surface area contributed by atoms with E-state index in [1.54, 1.807) is 39.3 Å². The van der Waals surface area contributed by atoms with Crippen molar-refractivity contribution in [3.63, 3.8) is 0 Å². The number of hydrogen-bond acceptors (Lipinski definition) is 6. The Morgan fingerprint density at radius 2 is 2.32 bits per heavy atom. The number of nitriles is 1. The zero-order valence-corrected chi connectivity index (χ0v) is 15.7. The summed E-state index contributed by atoms with van der Waals surface area (Å²) in [5.41, 5.74) is 0.694. The van der Waals surface area contributed by atoms with E-state index in [0.717, 1.165) is 0 Å². The number of methoxy groups -OCH3 is 1. The van der Waals surface area contributed by atoms with Crippen LogP contribution in [0.5, 0.6) is 5.75 Å². The van der Waals surface area contributed by atoms with Crippen LogP contribution in [0.25, 0.3) is 11.4 Å². The summed E-state index contributed by atoms with van der Waals surface area (Å²) in [6, 6.07) is 7.24. The molecule has 2 aromatic rings. The lowest BCUT2D eigenvalue weighted by atomic mass is 10.2. The molecule has 0 spiro atoms. The zero-order chi connectivity index (χ0) is 18.4. The molecule has 1 amide bonds. The number of nitrogens with zero attached hydrogens (tertiary/aromatic N) is 4. The number of nitrogens with one attached hydrogen (secondary N) is 1. The molecule has 1 N–H and O–H groups in total. The van der Waals surface area contributed by atoms with E-state index >= 15 is 0 Å². The quantitative estimate of drug-likeness (QED) is 0.743. The third-order valence-corrected chi connectivity index (χ3v) is 4.63. The Hall–Kier alpha value is -2.24. The number of thioether (sulfide) groups is 1. The average molecular weight is 380 g/mol. The van der Waals surface area contributed by atoms with Crippen LogP contribution < -0.4 is 4.74 Å². The van der Waals surface area contributed by atoms with Gasteiger partial charge in [0, 0.05) is 18.6 Å². The molecule has 0 saturated carbocycles. The minimum absolute atomic E-state index is 0.0769. The van der Waals surface area contributed by atoms with Crippen molar-refractivity contribution in [3.8, 4) is 23.2 Å². The minimum Gasteiger partial charge on any atom is -0.496 e. The summed E-state index contributed by atoms with van der Waals surface area (Å²) in [5, 5.41) is 16.2. The van der Waals surface area contributed by atoms with E-state index in [-0.39, 0.29) is 11.2 Å². The lowest BCUT2D eigenvalue weighted by molar-refractivity contribution is -0.128. The Balaban J connectivity index is 2.10. The highest BCUT2D eigenvalue weighted by molar-refractivity contribution is 8.00. The van der Waals surface area contributed by atoms with E-state index in [1.165, 1.54) is 16.7 Å². The molecule has 25 heavy (non-hydrogen) atoms. The van der Waals surface area contributed by atoms with Gasteiger partial charge >= 0.3 is 0 Å². The Morgan fingerprint density at radius 3 is 3.00 bits per heavy atom. The number of hydrogen-bond donors (Lipinski definition) is 1. The molecular weight excluding hydrogens is 362 g/mol. The molecule has 1 heterocycles. The lowest BCUT2D eigenvalue weighted by Crippen LogP contribution is -2.33. The number of carbonyl (C=O) groups excluding carboxylic acids is 1. The molecule has 0 unspecified atom stereocenters. The van der Waals surface area contributed by atoms with Crippen molar-refractivity contribution >= 4 is 29.3 Å². The number of carbonyl (C=O) groups is 1. The van der Waals surface area contributed by atoms with Crippen LogP contribution in [0.3, 0.4) is 0 Å². The van der Waals surface area contributed by atoms with E-state index in [0.29, 0.717) is 40.3 Å². The Bertz CT molecular complexity index is 789. The summed E-state index contributed by atoms with van der Waals surface area (Å²) in [4.78, 5) is 18.2. The smallest absolute Gasteiger partial charge is 0.235 e. The van der Waals surface area contributed by atoms with Crippen molar-refractivity contribution in [2.75, 3.05) is 20.7 Å². The normalized spacial score (nSPS) is 11.6. The van der Waals surface area contributed by atoms with Gasteiger partial charge in [0.25, 0.3) is 0 Å². The first-order valence-corrected chi connectivity index (χ1v) is 8.77. The first-order valence-electron chi connectivity index (χ1n) is 7.51. The third kappa shape index (κ3) is 4.87. The topological polar surface area (TPSA) is 94.9 Å². The van der Waals surface area contributed by atoms with Gasteiger partial charge in [0.15, 0.2) is 5.82 Å². The summed E-state index contributed by atoms with van der Waals surface area (Å²) in [6.07, 6.45) is 0.305. The van der Waals surface area contributed by atoms with Crippen LogP contribution in [-0.4, -0.2) is 51.9 Å². The van der Waals surface area contributed by atoms with E-state index in [1.807, 2.05) is 6.07 Å². The maximum absolute atomic E-state index is 12.3. The fourth-order valence-electron chi connectivity index (χ4n) is 2.13. The molecule has 0 bridgehead atoms. The molecule has 0 radical (unpaired) electrons. The fourth-order valence-corrected chi connectivity index (χ4v) is 3.14. The van der Waals surface area contributed by atoms with Crippen LogP contribution in [0.15, 0.2) is 23.4 Å². The monoisotopic (exact) mass is 379 g/mol. The highest BCUT2D eigenvalue weighted by Crippen LogP contribution is 2.31. The van der Waals surface area contributed by atoms with Crippen molar-refractivity contribution < 1.29 is 9.53 Å². The molecule has 9 heteroatoms. The van der Waals surface area contributed by atoms with Gasteiger partial charge in [-0.25, -0.2) is 4.98 Å². The van der Waals surface area contributed by atoms with Crippen LogP contribution in [0.4, 0.5) is 0 Å². The van der Waals surface area contributed by atoms with Gasteiger partial charge in [-0.1, -0.05) is 23.4 Å². The largest absolute Gasteiger partial charge is 0.496 e. The number of benzene rings is 1. The van der Waals surface area contributed by atoms with Crippen LogP contribution >= 0.6 is 23.4 Å². The second-order valence-corrected chi connectivity index (χ2v) is 6.98. The van der Waals surface area contributed by atoms with Gasteiger partial charge in [0.05, 0.1) is 30.4 Å². The molecule has 7 nitrogen and oxygen atoms in total. The molecule has 2 rings (SSSR count). The molecule has 0 aliphatic heterocycles. The van der Waals surface area contributed by atoms with Gasteiger partial charge in [0.2, 0.25) is 11.1 Å². The van der Waals surface area contributed by atoms with Gasteiger partial charge in [0.1, 0.15) is 5.75 Å². The predicted octanol–water partition coefficient (Wildman–Crippen LogP) is 2.99. The van der Waals surface area contributed by atoms with Crippen molar-refractivity contribution in [2.24, 2.45) is 0 Å². The van der Waals surface area contributed by atoms with Crippen molar-refractivity contribution in [1.82, 2.24) is 20.1 Å². The van der Waals surface area contributed by atoms with Crippen LogP contribution in [0.1, 0.15) is 13.3 Å². The standard InChI is InChI=1S/C16H18ClN5O2S/c1-10(15(23)22(2)8-4-7-18)25-16-19-14(20-21-16)12-9-11(17)5-6-13(12)24-3/h5-6,9-10H,4,8H2,1-3H3,(H,19,20,21)/t10-/m0/s1. The SMILES string of the molecule is COc1ccc(Cl)cc1-c1nc(S[C@@H](C)C(=O)N(C)CCC#N)n[nH]1. The van der Waals surface area contributed by atoms with E-state index in [9.17, 15) is 4.79 Å². The summed E-state index contributed by atoms with van der Waals surface area (Å²) >= 11 is 7.28. The number of H-pyrrole nitrogens is 1. The number of aromatic amines is 1. The van der Waals surface area contributed by atoms with Gasteiger partial charge in [-0.2, -0.15) is 5.26 Å². The van der Waals surface area contributed by atoms with Gasteiger partial charge in [-0.15, -0.1) is 5.10 Å². The number of aromatic nitrogens is 3. The molecule has 0 fully saturated rings. The summed E-state index contributed by atoms with van der Waals surface area (Å²) in [7, 11) is 3.24. The first-order chi connectivity index (χ1) is 12.0. The number of halogens is 1. The van der Waals surface area contributed by atoms with E-state index < -0.39 is 0 Å². The number of ether oxygens (including phenoxy) is 1. The molecule has 0 aliphatic rings. The second kappa shape index (κ2) is 8.74. The van der Waals surface area contributed by atoms with Crippen molar-refractivity contribution in [1.29, 1.82) is 5.26 Å². The molecule has 132 valence electrons. The Morgan fingerprint density at radius 1 is 1.56 bits per heavy atom. The average Bonchev–Trinajstić information content (AvgIpc) is 3.07. The van der Waals surface area contributed by atoms with E-state index in [2.05, 4.69) is 15.2 Å². The van der Waals surface area contributed by atoms with Crippen LogP contribution in [-0.2, 0) is 4.79 Å². The van der Waals surface area contributed by atoms with Crippen molar-refractivity contribution in [2.45, 2.75) is 23.8 Å². The molecular formula is C16H18ClN5O2S. The number of amides is 1. The van der Waals surface area contributed by atoms with Gasteiger partial charge in [-0.05, 0) is 25.1 Å². The van der Waals surface area contributed by atoms with Crippen molar-refractivity contribution in [3.05, 3.63) is 23.2 Å². The lowest BCUT2D eigenvalue weighted by Gasteiger charge is -2.18. The number of rotatable bonds is 7. The second-order valence-electron chi connectivity index (χ2n) is 5.24. The summed E-state index contributed by atoms with van der Waals surface area (Å²) in [6.45, 7) is 2.19. The Kier molecular flexibility index (Phi) is 6.67. The highest BCUT2D eigenvalue weighted by Gasteiger charge is 2.21. The maximum atomic E-state index is 12.3. The van der Waals surface area contributed by atoms with E-state index in [4.69, 9.17) is 21.6 Å². The highest BCUT2D eigenvalue weighted by atomic mass is 35.5. The Labute approximate surface area is 155 Å². The summed E-state index contributed by atoms with van der Waals surface area (Å²) < 4.78 is 5.31. The predicted molar refractivity (Wildman–Crippen MR) is 96.6 cm³/mol. The molecule has 0 aliphatic carbocycles. The molecule has 1 aromatic heterocycles. The van der Waals surface area contributed by atoms with Crippen LogP contribution in [0.2, 0.25) is 5.02 Å². The maximum Gasteiger partial charge on any atom is 0.235 e. The summed E-state index contributed by atoms with van der Waals surface area (Å²) in [5.74, 6) is 1.06. The minimum atomic E-state index is -0.367. The third-order valence-electron chi connectivity index (χ3n) is 3.45. The molecule has 0 saturated heterocycles. The zero-order valence-electron chi connectivity index (χ0n) is 14.1. The van der Waals surface area contributed by atoms with Gasteiger partial charge in [-0.3, -0.25) is 9.89 Å². The first kappa shape index (κ1) is 19.1. The van der Waals surface area contributed by atoms with Gasteiger partial charge < -0.3 is 9.64 Å². The molecule has 1 atom stereocenters. The van der Waals surface area contributed by atoms with Crippen LogP contribution in [0, 0.1) is 11.3 Å². The fraction of sp³-hybridized carbons (Fsp3) is 0.375.